The van der Waals surface area contributed by atoms with Gasteiger partial charge in [-0.1, -0.05) is 0 Å². The van der Waals surface area contributed by atoms with E-state index in [0.29, 0.717) is 0 Å². The summed E-state index contributed by atoms with van der Waals surface area (Å²) in [5.41, 5.74) is -0.557. The maximum atomic E-state index is 10.7. The quantitative estimate of drug-likeness (QED) is 0.699. The highest BCUT2D eigenvalue weighted by molar-refractivity contribution is 7.38. The van der Waals surface area contributed by atoms with Crippen molar-refractivity contribution >= 4 is 8.03 Å². The minimum Gasteiger partial charge on any atom is -0.368 e. The minimum absolute atomic E-state index is 0.182. The molecule has 0 aliphatic heterocycles. The zero-order chi connectivity index (χ0) is 9.94. The Morgan fingerprint density at radius 1 is 1.33 bits per heavy atom. The Kier molecular flexibility index (Phi) is 4.32. The summed E-state index contributed by atoms with van der Waals surface area (Å²) in [4.78, 5) is 8.82. The van der Waals surface area contributed by atoms with Crippen LogP contribution in [0, 0.1) is 0 Å². The van der Waals surface area contributed by atoms with Gasteiger partial charge in [0.2, 0.25) is 5.66 Å². The van der Waals surface area contributed by atoms with E-state index in [9.17, 15) is 4.57 Å². The lowest BCUT2D eigenvalue weighted by Gasteiger charge is -2.24. The Labute approximate surface area is 75.0 Å². The van der Waals surface area contributed by atoms with Gasteiger partial charge >= 0.3 is 8.03 Å². The topological polar surface area (TPSA) is 46.5 Å². The molecule has 4 heteroatoms. The van der Waals surface area contributed by atoms with E-state index in [-0.39, 0.29) is 17.4 Å². The molecule has 1 N–H and O–H groups in total. The highest BCUT2D eigenvalue weighted by atomic mass is 31.1. The fraction of sp³-hybridized carbons (Fsp3) is 1.00. The maximum Gasteiger partial charge on any atom is 0.511 e. The lowest BCUT2D eigenvalue weighted by atomic mass is 10.2. The second-order valence-corrected chi connectivity index (χ2v) is 5.40. The first-order valence-electron chi connectivity index (χ1n) is 4.07. The second kappa shape index (κ2) is 4.31. The van der Waals surface area contributed by atoms with E-state index in [0.717, 1.165) is 0 Å². The lowest BCUT2D eigenvalue weighted by Crippen LogP contribution is -2.30. The van der Waals surface area contributed by atoms with E-state index in [2.05, 4.69) is 0 Å². The molecule has 72 valence electrons. The Balaban J connectivity index is 4.04. The average molecular weight is 193 g/mol. The van der Waals surface area contributed by atoms with E-state index in [1.807, 2.05) is 27.7 Å². The predicted octanol–water partition coefficient (Wildman–Crippen LogP) is 2.31. The van der Waals surface area contributed by atoms with Gasteiger partial charge in [-0.2, -0.15) is 4.89 Å². The van der Waals surface area contributed by atoms with E-state index in [4.69, 9.17) is 9.63 Å². The zero-order valence-electron chi connectivity index (χ0n) is 8.37. The molecule has 3 nitrogen and oxygen atoms in total. The van der Waals surface area contributed by atoms with Gasteiger partial charge in [-0.3, -0.25) is 0 Å². The normalized spacial score (nSPS) is 18.7. The fourth-order valence-electron chi connectivity index (χ4n) is 0.836. The van der Waals surface area contributed by atoms with Gasteiger partial charge in [0.1, 0.15) is 6.10 Å². The largest absolute Gasteiger partial charge is 0.511 e. The lowest BCUT2D eigenvalue weighted by molar-refractivity contribution is -0.0511. The summed E-state index contributed by atoms with van der Waals surface area (Å²) in [6, 6.07) is 0. The molecule has 0 aliphatic carbocycles. The van der Waals surface area contributed by atoms with Crippen molar-refractivity contribution in [1.29, 1.82) is 0 Å². The van der Waals surface area contributed by atoms with Gasteiger partial charge in [-0.05, 0) is 39.2 Å². The van der Waals surface area contributed by atoms with Crippen LogP contribution in [-0.2, 0) is 9.30 Å². The highest BCUT2D eigenvalue weighted by Crippen LogP contribution is 2.28. The zero-order valence-corrected chi connectivity index (χ0v) is 9.26. The summed E-state index contributed by atoms with van der Waals surface area (Å²) in [5.74, 6) is 0. The third-order valence-corrected chi connectivity index (χ3v) is 2.68. The Bertz CT molecular complexity index is 162. The van der Waals surface area contributed by atoms with E-state index >= 15 is 0 Å². The van der Waals surface area contributed by atoms with Crippen LogP contribution in [0.4, 0.5) is 0 Å². The summed E-state index contributed by atoms with van der Waals surface area (Å²) in [5, 5.41) is 0. The molecule has 0 radical (unpaired) electrons. The predicted molar refractivity (Wildman–Crippen MR) is 49.6 cm³/mol. The molecule has 3 unspecified atom stereocenters. The van der Waals surface area contributed by atoms with Crippen molar-refractivity contribution in [2.75, 3.05) is 0 Å². The first kappa shape index (κ1) is 12.0. The van der Waals surface area contributed by atoms with Gasteiger partial charge < -0.3 is 4.74 Å². The van der Waals surface area contributed by atoms with Crippen molar-refractivity contribution in [2.45, 2.75) is 52.0 Å². The third kappa shape index (κ3) is 4.81. The molecule has 0 saturated carbocycles. The van der Waals surface area contributed by atoms with Crippen LogP contribution in [0.3, 0.4) is 0 Å². The molecule has 0 saturated heterocycles. The number of ether oxygens (including phenoxy) is 1. The molecule has 0 aromatic carbocycles. The van der Waals surface area contributed by atoms with Gasteiger partial charge in [0.15, 0.2) is 0 Å². The van der Waals surface area contributed by atoms with Crippen LogP contribution in [0.2, 0.25) is 0 Å². The third-order valence-electron chi connectivity index (χ3n) is 1.57. The molecule has 0 bridgehead atoms. The van der Waals surface area contributed by atoms with Crippen LogP contribution in [0.25, 0.3) is 0 Å². The Morgan fingerprint density at radius 3 is 2.00 bits per heavy atom. The molecule has 0 spiro atoms. The summed E-state index contributed by atoms with van der Waals surface area (Å²) >= 11 is 0. The van der Waals surface area contributed by atoms with Crippen LogP contribution in [0.5, 0.6) is 0 Å². The van der Waals surface area contributed by atoms with Crippen LogP contribution in [0.15, 0.2) is 0 Å². The molecule has 0 aromatic heterocycles. The molecule has 0 aromatic rings. The van der Waals surface area contributed by atoms with Crippen molar-refractivity contribution in [3.63, 3.8) is 0 Å². The fourth-order valence-corrected chi connectivity index (χ4v) is 1.26. The SMILES string of the molecule is CC(OC(C)(C)C)C(C)[P+](=O)O. The molecule has 0 amide bonds. The van der Waals surface area contributed by atoms with Crippen molar-refractivity contribution in [3.05, 3.63) is 0 Å². The summed E-state index contributed by atoms with van der Waals surface area (Å²) in [6.45, 7) is 9.33. The average Bonchev–Trinajstić information content (AvgIpc) is 1.82. The maximum absolute atomic E-state index is 10.7. The summed E-state index contributed by atoms with van der Waals surface area (Å²) < 4.78 is 16.2. The van der Waals surface area contributed by atoms with Crippen molar-refractivity contribution in [2.24, 2.45) is 0 Å². The molecule has 12 heavy (non-hydrogen) atoms. The van der Waals surface area contributed by atoms with Gasteiger partial charge in [-0.15, -0.1) is 0 Å². The number of hydrogen-bond donors (Lipinski definition) is 1. The number of hydrogen-bond acceptors (Lipinski definition) is 2. The molecule has 0 fully saturated rings. The first-order valence-corrected chi connectivity index (χ1v) is 5.35. The van der Waals surface area contributed by atoms with Crippen molar-refractivity contribution in [1.82, 2.24) is 0 Å². The summed E-state index contributed by atoms with van der Waals surface area (Å²) in [7, 11) is -2.13. The van der Waals surface area contributed by atoms with Crippen LogP contribution < -0.4 is 0 Å². The Hall–Kier alpha value is 0.0200. The smallest absolute Gasteiger partial charge is 0.368 e. The molecule has 3 atom stereocenters. The standard InChI is InChI=1S/C8H17O3P/c1-6(7(2)12(9)10)11-8(3,4)5/h6-7H,1-5H3/p+1. The monoisotopic (exact) mass is 193 g/mol. The van der Waals surface area contributed by atoms with Gasteiger partial charge in [0.25, 0.3) is 0 Å². The number of rotatable bonds is 3. The van der Waals surface area contributed by atoms with Crippen LogP contribution >= 0.6 is 8.03 Å². The van der Waals surface area contributed by atoms with E-state index in [1.54, 1.807) is 6.92 Å². The molecule has 0 aliphatic rings. The van der Waals surface area contributed by atoms with Crippen molar-refractivity contribution < 1.29 is 14.2 Å². The van der Waals surface area contributed by atoms with Gasteiger partial charge in [-0.25, -0.2) is 0 Å². The van der Waals surface area contributed by atoms with Crippen molar-refractivity contribution in [3.8, 4) is 0 Å². The molecule has 0 rings (SSSR count). The molecular formula is C8H18O3P+. The highest BCUT2D eigenvalue weighted by Gasteiger charge is 2.32. The van der Waals surface area contributed by atoms with Gasteiger partial charge in [0, 0.05) is 0 Å². The molecular weight excluding hydrogens is 175 g/mol. The second-order valence-electron chi connectivity index (χ2n) is 3.98. The Morgan fingerprint density at radius 2 is 1.75 bits per heavy atom. The van der Waals surface area contributed by atoms with Crippen LogP contribution in [0.1, 0.15) is 34.6 Å². The van der Waals surface area contributed by atoms with Gasteiger partial charge in [0.05, 0.1) is 5.60 Å². The van der Waals surface area contributed by atoms with E-state index < -0.39 is 8.03 Å². The summed E-state index contributed by atoms with van der Waals surface area (Å²) in [6.07, 6.45) is -0.182. The molecule has 0 heterocycles. The first-order chi connectivity index (χ1) is 5.24. The minimum atomic E-state index is -2.13. The van der Waals surface area contributed by atoms with Crippen LogP contribution in [-0.4, -0.2) is 22.3 Å². The van der Waals surface area contributed by atoms with E-state index in [1.165, 1.54) is 0 Å².